The first kappa shape index (κ1) is 19.2. The molecule has 3 N–H and O–H groups in total. The van der Waals surface area contributed by atoms with Crippen molar-refractivity contribution in [2.45, 2.75) is 20.3 Å². The van der Waals surface area contributed by atoms with Crippen molar-refractivity contribution in [1.82, 2.24) is 15.1 Å². The minimum absolute atomic E-state index is 0.243. The first-order valence-corrected chi connectivity index (χ1v) is 9.06. The Morgan fingerprint density at radius 3 is 2.36 bits per heavy atom. The fourth-order valence-corrected chi connectivity index (χ4v) is 2.88. The molecule has 0 bridgehead atoms. The lowest BCUT2D eigenvalue weighted by atomic mass is 10.1. The summed E-state index contributed by atoms with van der Waals surface area (Å²) >= 11 is 0. The lowest BCUT2D eigenvalue weighted by Crippen LogP contribution is -2.24. The van der Waals surface area contributed by atoms with Gasteiger partial charge in [-0.25, -0.2) is 9.48 Å². The summed E-state index contributed by atoms with van der Waals surface area (Å²) in [5.41, 5.74) is 4.61. The Bertz CT molecular complexity index is 992. The second kappa shape index (κ2) is 8.39. The molecular weight excluding hydrogens is 354 g/mol. The van der Waals surface area contributed by atoms with Crippen LogP contribution >= 0.6 is 0 Å². The second-order valence-electron chi connectivity index (χ2n) is 6.34. The normalized spacial score (nSPS) is 10.4. The third kappa shape index (κ3) is 4.20. The van der Waals surface area contributed by atoms with Gasteiger partial charge in [-0.05, 0) is 43.7 Å². The molecule has 1 heterocycles. The molecule has 3 aromatic rings. The third-order valence-corrected chi connectivity index (χ3v) is 4.33. The van der Waals surface area contributed by atoms with Crippen LogP contribution in [-0.4, -0.2) is 28.8 Å². The number of rotatable bonds is 5. The van der Waals surface area contributed by atoms with Gasteiger partial charge in [0.05, 0.1) is 23.1 Å². The van der Waals surface area contributed by atoms with Crippen LogP contribution in [0.25, 0.3) is 5.69 Å². The van der Waals surface area contributed by atoms with Gasteiger partial charge in [0.2, 0.25) is 0 Å². The number of aryl methyl sites for hydroxylation is 1. The summed E-state index contributed by atoms with van der Waals surface area (Å²) in [5, 5.41) is 12.5. The summed E-state index contributed by atoms with van der Waals surface area (Å²) in [6, 6.07) is 14.6. The predicted molar refractivity (Wildman–Crippen MR) is 110 cm³/mol. The van der Waals surface area contributed by atoms with Crippen molar-refractivity contribution < 1.29 is 9.59 Å². The molecule has 0 aliphatic heterocycles. The molecule has 3 rings (SSSR count). The number of hydrogen-bond donors (Lipinski definition) is 3. The molecule has 144 valence electrons. The van der Waals surface area contributed by atoms with E-state index in [0.717, 1.165) is 16.9 Å². The summed E-state index contributed by atoms with van der Waals surface area (Å²) in [7, 11) is 1.54. The van der Waals surface area contributed by atoms with Crippen LogP contribution in [-0.2, 0) is 6.42 Å². The van der Waals surface area contributed by atoms with Crippen molar-refractivity contribution in [3.63, 3.8) is 0 Å². The molecule has 2 aromatic carbocycles. The fraction of sp³-hybridized carbons (Fsp3) is 0.190. The van der Waals surface area contributed by atoms with Gasteiger partial charge in [0.1, 0.15) is 0 Å². The zero-order chi connectivity index (χ0) is 20.1. The smallest absolute Gasteiger partial charge is 0.318 e. The molecule has 0 atom stereocenters. The van der Waals surface area contributed by atoms with Crippen LogP contribution in [0.4, 0.5) is 16.2 Å². The van der Waals surface area contributed by atoms with E-state index in [2.05, 4.69) is 21.0 Å². The van der Waals surface area contributed by atoms with E-state index in [-0.39, 0.29) is 11.9 Å². The molecule has 3 amide bonds. The Morgan fingerprint density at radius 2 is 1.71 bits per heavy atom. The zero-order valence-electron chi connectivity index (χ0n) is 16.1. The average molecular weight is 377 g/mol. The molecule has 28 heavy (non-hydrogen) atoms. The molecule has 0 unspecified atom stereocenters. The molecule has 7 heteroatoms. The van der Waals surface area contributed by atoms with E-state index in [9.17, 15) is 9.59 Å². The molecule has 0 radical (unpaired) electrons. The van der Waals surface area contributed by atoms with Gasteiger partial charge in [0.25, 0.3) is 5.91 Å². The fourth-order valence-electron chi connectivity index (χ4n) is 2.88. The summed E-state index contributed by atoms with van der Waals surface area (Å²) in [4.78, 5) is 24.3. The number of anilines is 2. The molecular formula is C21H23N5O2. The standard InChI is InChI=1S/C21H23N5O2/c1-4-19-18(13-23-26(19)17-10-8-14(2)9-11-17)20(27)24-15-6-5-7-16(12-15)25-21(28)22-3/h5-13H,4H2,1-3H3,(H,24,27)(H2,22,25,28). The van der Waals surface area contributed by atoms with E-state index in [1.54, 1.807) is 42.2 Å². The van der Waals surface area contributed by atoms with Crippen molar-refractivity contribution in [2.24, 2.45) is 0 Å². The maximum Gasteiger partial charge on any atom is 0.318 e. The SMILES string of the molecule is CCc1c(C(=O)Nc2cccc(NC(=O)NC)c2)cnn1-c1ccc(C)cc1. The number of nitrogens with one attached hydrogen (secondary N) is 3. The van der Waals surface area contributed by atoms with E-state index in [0.29, 0.717) is 23.4 Å². The van der Waals surface area contributed by atoms with Gasteiger partial charge in [-0.3, -0.25) is 4.79 Å². The maximum absolute atomic E-state index is 12.8. The molecule has 0 aliphatic rings. The number of nitrogens with zero attached hydrogens (tertiary/aromatic N) is 2. The number of benzene rings is 2. The van der Waals surface area contributed by atoms with E-state index >= 15 is 0 Å². The van der Waals surface area contributed by atoms with Gasteiger partial charge in [-0.1, -0.05) is 30.7 Å². The van der Waals surface area contributed by atoms with Crippen LogP contribution < -0.4 is 16.0 Å². The number of carbonyl (C=O) groups excluding carboxylic acids is 2. The van der Waals surface area contributed by atoms with Crippen LogP contribution in [0.2, 0.25) is 0 Å². The van der Waals surface area contributed by atoms with Crippen LogP contribution in [0.15, 0.2) is 54.7 Å². The Hall–Kier alpha value is -3.61. The average Bonchev–Trinajstić information content (AvgIpc) is 3.13. The third-order valence-electron chi connectivity index (χ3n) is 4.33. The molecule has 0 saturated carbocycles. The largest absolute Gasteiger partial charge is 0.341 e. The van der Waals surface area contributed by atoms with E-state index in [4.69, 9.17) is 0 Å². The Labute approximate surface area is 163 Å². The highest BCUT2D eigenvalue weighted by Crippen LogP contribution is 2.20. The zero-order valence-corrected chi connectivity index (χ0v) is 16.1. The van der Waals surface area contributed by atoms with Gasteiger partial charge in [0.15, 0.2) is 0 Å². The van der Waals surface area contributed by atoms with E-state index in [1.165, 1.54) is 0 Å². The molecule has 0 spiro atoms. The number of hydrogen-bond acceptors (Lipinski definition) is 3. The summed E-state index contributed by atoms with van der Waals surface area (Å²) in [6.45, 7) is 4.02. The molecule has 1 aromatic heterocycles. The number of carbonyl (C=O) groups is 2. The molecule has 0 aliphatic carbocycles. The van der Waals surface area contributed by atoms with E-state index < -0.39 is 0 Å². The van der Waals surface area contributed by atoms with Crippen molar-refractivity contribution in [1.29, 1.82) is 0 Å². The topological polar surface area (TPSA) is 88.1 Å². The highest BCUT2D eigenvalue weighted by molar-refractivity contribution is 6.05. The molecule has 0 fully saturated rings. The highest BCUT2D eigenvalue weighted by atomic mass is 16.2. The van der Waals surface area contributed by atoms with Crippen molar-refractivity contribution in [3.8, 4) is 5.69 Å². The minimum Gasteiger partial charge on any atom is -0.341 e. The van der Waals surface area contributed by atoms with Gasteiger partial charge < -0.3 is 16.0 Å². The summed E-state index contributed by atoms with van der Waals surface area (Å²) in [5.74, 6) is -0.243. The summed E-state index contributed by atoms with van der Waals surface area (Å²) < 4.78 is 1.79. The number of urea groups is 1. The monoisotopic (exact) mass is 377 g/mol. The second-order valence-corrected chi connectivity index (χ2v) is 6.34. The predicted octanol–water partition coefficient (Wildman–Crippen LogP) is 3.75. The Kier molecular flexibility index (Phi) is 5.74. The Balaban J connectivity index is 1.82. The highest BCUT2D eigenvalue weighted by Gasteiger charge is 2.17. The van der Waals surface area contributed by atoms with Crippen molar-refractivity contribution in [2.75, 3.05) is 17.7 Å². The van der Waals surface area contributed by atoms with Gasteiger partial charge in [-0.15, -0.1) is 0 Å². The van der Waals surface area contributed by atoms with Gasteiger partial charge >= 0.3 is 6.03 Å². The van der Waals surface area contributed by atoms with Crippen molar-refractivity contribution in [3.05, 3.63) is 71.5 Å². The van der Waals surface area contributed by atoms with Crippen LogP contribution in [0.1, 0.15) is 28.5 Å². The quantitative estimate of drug-likeness (QED) is 0.633. The van der Waals surface area contributed by atoms with Gasteiger partial charge in [0, 0.05) is 18.4 Å². The van der Waals surface area contributed by atoms with Crippen molar-refractivity contribution >= 4 is 23.3 Å². The lowest BCUT2D eigenvalue weighted by molar-refractivity contribution is 0.102. The lowest BCUT2D eigenvalue weighted by Gasteiger charge is -2.10. The number of amides is 3. The Morgan fingerprint density at radius 1 is 1.04 bits per heavy atom. The first-order chi connectivity index (χ1) is 13.5. The maximum atomic E-state index is 12.8. The molecule has 7 nitrogen and oxygen atoms in total. The first-order valence-electron chi connectivity index (χ1n) is 9.06. The van der Waals surface area contributed by atoms with Crippen LogP contribution in [0.3, 0.4) is 0 Å². The summed E-state index contributed by atoms with van der Waals surface area (Å²) in [6.07, 6.45) is 2.25. The number of aromatic nitrogens is 2. The van der Waals surface area contributed by atoms with E-state index in [1.807, 2.05) is 38.1 Å². The van der Waals surface area contributed by atoms with Gasteiger partial charge in [-0.2, -0.15) is 5.10 Å². The van der Waals surface area contributed by atoms with Crippen LogP contribution in [0.5, 0.6) is 0 Å². The molecule has 0 saturated heterocycles. The van der Waals surface area contributed by atoms with Crippen LogP contribution in [0, 0.1) is 6.92 Å². The minimum atomic E-state index is -0.323.